The van der Waals surface area contributed by atoms with Gasteiger partial charge in [-0.1, -0.05) is 12.2 Å². The van der Waals surface area contributed by atoms with Crippen molar-refractivity contribution in [3.05, 3.63) is 23.8 Å². The summed E-state index contributed by atoms with van der Waals surface area (Å²) in [5.74, 6) is 0.936. The second-order valence-electron chi connectivity index (χ2n) is 5.57. The number of carbonyl (C=O) groups excluding carboxylic acids is 1. The van der Waals surface area contributed by atoms with E-state index in [1.807, 2.05) is 6.08 Å². The molecule has 0 saturated carbocycles. The van der Waals surface area contributed by atoms with Crippen LogP contribution in [0.4, 0.5) is 10.5 Å². The second-order valence-corrected chi connectivity index (χ2v) is 5.57. The zero-order valence-electron chi connectivity index (χ0n) is 13.7. The van der Waals surface area contributed by atoms with E-state index in [1.165, 1.54) is 14.2 Å². The molecule has 6 heteroatoms. The van der Waals surface area contributed by atoms with Crippen LogP contribution in [0.25, 0.3) is 6.08 Å². The Morgan fingerprint density at radius 2 is 1.95 bits per heavy atom. The molecule has 0 aliphatic heterocycles. The average Bonchev–Trinajstić information content (AvgIpc) is 2.42. The maximum atomic E-state index is 12.0. The van der Waals surface area contributed by atoms with Crippen LogP contribution in [-0.4, -0.2) is 32.5 Å². The molecule has 0 saturated heterocycles. The summed E-state index contributed by atoms with van der Waals surface area (Å²) in [7, 11) is 3.04. The summed E-state index contributed by atoms with van der Waals surface area (Å²) in [4.78, 5) is 12.0. The molecule has 1 amide bonds. The summed E-state index contributed by atoms with van der Waals surface area (Å²) < 4.78 is 15.9. The van der Waals surface area contributed by atoms with Gasteiger partial charge in [0.2, 0.25) is 0 Å². The van der Waals surface area contributed by atoms with E-state index in [0.29, 0.717) is 23.7 Å². The van der Waals surface area contributed by atoms with Crippen LogP contribution in [0.5, 0.6) is 11.5 Å². The molecule has 0 fully saturated rings. The first-order valence-electron chi connectivity index (χ1n) is 6.93. The smallest absolute Gasteiger partial charge is 0.412 e. The van der Waals surface area contributed by atoms with Crippen molar-refractivity contribution < 1.29 is 19.0 Å². The first-order valence-corrected chi connectivity index (χ1v) is 6.93. The predicted octanol–water partition coefficient (Wildman–Crippen LogP) is 3.02. The molecule has 0 bridgehead atoms. The van der Waals surface area contributed by atoms with Gasteiger partial charge in [0.05, 0.1) is 19.9 Å². The lowest BCUT2D eigenvalue weighted by atomic mass is 10.1. The molecule has 3 N–H and O–H groups in total. The third-order valence-corrected chi connectivity index (χ3v) is 2.58. The van der Waals surface area contributed by atoms with Crippen LogP contribution < -0.4 is 20.5 Å². The molecular weight excluding hydrogens is 284 g/mol. The van der Waals surface area contributed by atoms with Crippen molar-refractivity contribution >= 4 is 17.9 Å². The van der Waals surface area contributed by atoms with Gasteiger partial charge in [0.1, 0.15) is 5.60 Å². The van der Waals surface area contributed by atoms with Crippen molar-refractivity contribution in [3.63, 3.8) is 0 Å². The second kappa shape index (κ2) is 7.70. The first-order chi connectivity index (χ1) is 10.3. The maximum Gasteiger partial charge on any atom is 0.412 e. The third kappa shape index (κ3) is 5.29. The van der Waals surface area contributed by atoms with Gasteiger partial charge < -0.3 is 19.9 Å². The molecule has 0 spiro atoms. The Labute approximate surface area is 131 Å². The number of methoxy groups -OCH3 is 2. The molecule has 0 aliphatic rings. The van der Waals surface area contributed by atoms with E-state index in [1.54, 1.807) is 39.0 Å². The molecule has 0 aliphatic carbocycles. The lowest BCUT2D eigenvalue weighted by Gasteiger charge is -2.21. The summed E-state index contributed by atoms with van der Waals surface area (Å²) in [6.45, 7) is 5.81. The van der Waals surface area contributed by atoms with Crippen LogP contribution in [-0.2, 0) is 4.74 Å². The SMILES string of the molecule is COc1cc(/C=C/CN)cc(NC(=O)OC(C)(C)C)c1OC. The highest BCUT2D eigenvalue weighted by molar-refractivity contribution is 5.88. The minimum Gasteiger partial charge on any atom is -0.493 e. The van der Waals surface area contributed by atoms with Crippen molar-refractivity contribution in [1.82, 2.24) is 0 Å². The lowest BCUT2D eigenvalue weighted by molar-refractivity contribution is 0.0635. The molecule has 1 aromatic rings. The number of hydrogen-bond acceptors (Lipinski definition) is 5. The van der Waals surface area contributed by atoms with E-state index in [9.17, 15) is 4.79 Å². The molecule has 0 aromatic heterocycles. The minimum absolute atomic E-state index is 0.420. The monoisotopic (exact) mass is 308 g/mol. The van der Waals surface area contributed by atoms with Gasteiger partial charge in [-0.2, -0.15) is 0 Å². The summed E-state index contributed by atoms with van der Waals surface area (Å²) >= 11 is 0. The normalized spacial score (nSPS) is 11.4. The van der Waals surface area contributed by atoms with Gasteiger partial charge in [0.25, 0.3) is 0 Å². The summed E-state index contributed by atoms with van der Waals surface area (Å²) in [5, 5.41) is 2.68. The number of benzene rings is 1. The molecule has 1 aromatic carbocycles. The summed E-state index contributed by atoms with van der Waals surface area (Å²) in [5.41, 5.74) is 6.17. The molecule has 122 valence electrons. The third-order valence-electron chi connectivity index (χ3n) is 2.58. The van der Waals surface area contributed by atoms with Crippen LogP contribution in [0, 0.1) is 0 Å². The fraction of sp³-hybridized carbons (Fsp3) is 0.438. The number of amides is 1. The van der Waals surface area contributed by atoms with E-state index in [0.717, 1.165) is 5.56 Å². The zero-order chi connectivity index (χ0) is 16.8. The standard InChI is InChI=1S/C16H24N2O4/c1-16(2,3)22-15(19)18-12-9-11(7-6-8-17)10-13(20-4)14(12)21-5/h6-7,9-10H,8,17H2,1-5H3,(H,18,19)/b7-6+. The van der Waals surface area contributed by atoms with Crippen molar-refractivity contribution in [2.24, 2.45) is 5.73 Å². The fourth-order valence-electron chi connectivity index (χ4n) is 1.79. The van der Waals surface area contributed by atoms with Crippen molar-refractivity contribution in [3.8, 4) is 11.5 Å². The summed E-state index contributed by atoms with van der Waals surface area (Å²) in [6.07, 6.45) is 3.08. The van der Waals surface area contributed by atoms with Crippen LogP contribution in [0.1, 0.15) is 26.3 Å². The number of anilines is 1. The number of carbonyl (C=O) groups is 1. The molecule has 6 nitrogen and oxygen atoms in total. The predicted molar refractivity (Wildman–Crippen MR) is 87.5 cm³/mol. The van der Waals surface area contributed by atoms with Gasteiger partial charge in [-0.25, -0.2) is 4.79 Å². The van der Waals surface area contributed by atoms with Crippen LogP contribution in [0.3, 0.4) is 0 Å². The number of ether oxygens (including phenoxy) is 3. The van der Waals surface area contributed by atoms with Crippen molar-refractivity contribution in [2.75, 3.05) is 26.1 Å². The van der Waals surface area contributed by atoms with E-state index < -0.39 is 11.7 Å². The van der Waals surface area contributed by atoms with Gasteiger partial charge in [-0.3, -0.25) is 5.32 Å². The maximum absolute atomic E-state index is 12.0. The van der Waals surface area contributed by atoms with Gasteiger partial charge in [0, 0.05) is 6.54 Å². The van der Waals surface area contributed by atoms with Crippen LogP contribution in [0.15, 0.2) is 18.2 Å². The quantitative estimate of drug-likeness (QED) is 0.873. The van der Waals surface area contributed by atoms with Crippen LogP contribution >= 0.6 is 0 Å². The largest absolute Gasteiger partial charge is 0.493 e. The highest BCUT2D eigenvalue weighted by Crippen LogP contribution is 2.37. The van der Waals surface area contributed by atoms with E-state index >= 15 is 0 Å². The number of nitrogens with two attached hydrogens (primary N) is 1. The average molecular weight is 308 g/mol. The Morgan fingerprint density at radius 1 is 1.27 bits per heavy atom. The highest BCUT2D eigenvalue weighted by atomic mass is 16.6. The van der Waals surface area contributed by atoms with E-state index in [-0.39, 0.29) is 0 Å². The number of nitrogens with one attached hydrogen (secondary N) is 1. The van der Waals surface area contributed by atoms with Gasteiger partial charge >= 0.3 is 6.09 Å². The van der Waals surface area contributed by atoms with Crippen LogP contribution in [0.2, 0.25) is 0 Å². The zero-order valence-corrected chi connectivity index (χ0v) is 13.7. The van der Waals surface area contributed by atoms with E-state index in [2.05, 4.69) is 5.32 Å². The molecular formula is C16H24N2O4. The van der Waals surface area contributed by atoms with Crippen molar-refractivity contribution in [2.45, 2.75) is 26.4 Å². The van der Waals surface area contributed by atoms with Gasteiger partial charge in [-0.05, 0) is 38.5 Å². The molecule has 0 atom stereocenters. The molecule has 1 rings (SSSR count). The summed E-state index contributed by atoms with van der Waals surface area (Å²) in [6, 6.07) is 3.56. The Hall–Kier alpha value is -2.21. The van der Waals surface area contributed by atoms with E-state index in [4.69, 9.17) is 19.9 Å². The van der Waals surface area contributed by atoms with Crippen molar-refractivity contribution in [1.29, 1.82) is 0 Å². The molecule has 0 radical (unpaired) electrons. The highest BCUT2D eigenvalue weighted by Gasteiger charge is 2.19. The Morgan fingerprint density at radius 3 is 2.45 bits per heavy atom. The van der Waals surface area contributed by atoms with Gasteiger partial charge in [-0.15, -0.1) is 0 Å². The molecule has 22 heavy (non-hydrogen) atoms. The Kier molecular flexibility index (Phi) is 6.24. The number of rotatable bonds is 5. The Balaban J connectivity index is 3.14. The lowest BCUT2D eigenvalue weighted by Crippen LogP contribution is -2.27. The fourth-order valence-corrected chi connectivity index (χ4v) is 1.79. The Bertz CT molecular complexity index is 548. The number of hydrogen-bond donors (Lipinski definition) is 2. The molecule has 0 heterocycles. The topological polar surface area (TPSA) is 82.8 Å². The molecule has 0 unspecified atom stereocenters. The van der Waals surface area contributed by atoms with Gasteiger partial charge in [0.15, 0.2) is 11.5 Å². The minimum atomic E-state index is -0.585. The first kappa shape index (κ1) is 17.8.